The van der Waals surface area contributed by atoms with Crippen molar-refractivity contribution in [2.75, 3.05) is 17.7 Å². The fourth-order valence-electron chi connectivity index (χ4n) is 3.23. The molecule has 1 heterocycles. The van der Waals surface area contributed by atoms with Gasteiger partial charge in [-0.25, -0.2) is 4.79 Å². The summed E-state index contributed by atoms with van der Waals surface area (Å²) < 4.78 is 4.99. The van der Waals surface area contributed by atoms with Gasteiger partial charge in [-0.05, 0) is 60.2 Å². The standard InChI is InChI=1S/C26H21ClN2O2S3/c1-31-25(30)21-16-20(15-17-7-3-2-4-8-17)34-24(21)29-26(32)28-22-9-5-6-10-23(22)33-19-13-11-18(27)12-14-19/h2-14,16H,15H2,1H3,(H2,28,29,32). The number of carbonyl (C=O) groups excluding carboxylic acids is 1. The number of nitrogens with one attached hydrogen (secondary N) is 2. The lowest BCUT2D eigenvalue weighted by Gasteiger charge is -2.14. The lowest BCUT2D eigenvalue weighted by molar-refractivity contribution is 0.0602. The Bertz CT molecular complexity index is 1290. The Balaban J connectivity index is 1.50. The fraction of sp³-hybridized carbons (Fsp3) is 0.0769. The Morgan fingerprint density at radius 1 is 1.00 bits per heavy atom. The first-order valence-corrected chi connectivity index (χ1v) is 12.8. The minimum absolute atomic E-state index is 0.391. The average Bonchev–Trinajstić information content (AvgIpc) is 3.23. The van der Waals surface area contributed by atoms with Gasteiger partial charge in [0.2, 0.25) is 0 Å². The van der Waals surface area contributed by atoms with E-state index in [0.29, 0.717) is 20.7 Å². The van der Waals surface area contributed by atoms with E-state index in [4.69, 9.17) is 28.6 Å². The van der Waals surface area contributed by atoms with Gasteiger partial charge in [0.05, 0.1) is 18.4 Å². The lowest BCUT2D eigenvalue weighted by Crippen LogP contribution is -2.20. The number of esters is 1. The van der Waals surface area contributed by atoms with Crippen molar-refractivity contribution < 1.29 is 9.53 Å². The van der Waals surface area contributed by atoms with Crippen LogP contribution in [0.15, 0.2) is 94.7 Å². The molecule has 4 aromatic rings. The first-order valence-electron chi connectivity index (χ1n) is 10.4. The molecule has 0 spiro atoms. The summed E-state index contributed by atoms with van der Waals surface area (Å²) in [6, 6.07) is 27.6. The highest BCUT2D eigenvalue weighted by Crippen LogP contribution is 2.35. The molecule has 0 aliphatic heterocycles. The molecule has 0 fully saturated rings. The van der Waals surface area contributed by atoms with Crippen LogP contribution < -0.4 is 10.6 Å². The molecule has 0 aliphatic rings. The highest BCUT2D eigenvalue weighted by atomic mass is 35.5. The van der Waals surface area contributed by atoms with Crippen molar-refractivity contribution in [1.29, 1.82) is 0 Å². The molecule has 4 rings (SSSR count). The molecule has 0 saturated heterocycles. The number of rotatable bonds is 7. The molecule has 4 nitrogen and oxygen atoms in total. The number of carbonyl (C=O) groups is 1. The fourth-order valence-corrected chi connectivity index (χ4v) is 5.61. The van der Waals surface area contributed by atoms with Crippen molar-refractivity contribution in [2.45, 2.75) is 16.2 Å². The molecule has 3 aromatic carbocycles. The molecule has 1 aromatic heterocycles. The van der Waals surface area contributed by atoms with E-state index in [-0.39, 0.29) is 0 Å². The van der Waals surface area contributed by atoms with Crippen LogP contribution in [0.4, 0.5) is 10.7 Å². The SMILES string of the molecule is COC(=O)c1cc(Cc2ccccc2)sc1NC(=S)Nc1ccccc1Sc1ccc(Cl)cc1. The van der Waals surface area contributed by atoms with Crippen molar-refractivity contribution in [3.8, 4) is 0 Å². The Kier molecular flexibility index (Phi) is 8.24. The van der Waals surface area contributed by atoms with Crippen molar-refractivity contribution in [3.05, 3.63) is 106 Å². The van der Waals surface area contributed by atoms with Crippen molar-refractivity contribution in [3.63, 3.8) is 0 Å². The normalized spacial score (nSPS) is 10.5. The van der Waals surface area contributed by atoms with Crippen LogP contribution in [0.2, 0.25) is 5.02 Å². The molecule has 0 saturated carbocycles. The molecule has 0 amide bonds. The summed E-state index contributed by atoms with van der Waals surface area (Å²) in [7, 11) is 1.38. The van der Waals surface area contributed by atoms with Gasteiger partial charge in [0.1, 0.15) is 5.00 Å². The van der Waals surface area contributed by atoms with E-state index in [9.17, 15) is 4.79 Å². The number of halogens is 1. The maximum Gasteiger partial charge on any atom is 0.340 e. The molecule has 0 aliphatic carbocycles. The number of thiocarbonyl (C=S) groups is 1. The van der Waals surface area contributed by atoms with Gasteiger partial charge >= 0.3 is 5.97 Å². The molecule has 0 atom stereocenters. The van der Waals surface area contributed by atoms with Crippen LogP contribution in [-0.2, 0) is 11.2 Å². The minimum Gasteiger partial charge on any atom is -0.465 e. The highest BCUT2D eigenvalue weighted by molar-refractivity contribution is 7.99. The number of anilines is 2. The van der Waals surface area contributed by atoms with Gasteiger partial charge in [0.15, 0.2) is 5.11 Å². The lowest BCUT2D eigenvalue weighted by atomic mass is 10.1. The Labute approximate surface area is 217 Å². The van der Waals surface area contributed by atoms with Crippen molar-refractivity contribution >= 4 is 68.7 Å². The van der Waals surface area contributed by atoms with Crippen LogP contribution in [0.25, 0.3) is 0 Å². The second-order valence-corrected chi connectivity index (χ2v) is 10.3. The molecule has 0 radical (unpaired) electrons. The summed E-state index contributed by atoms with van der Waals surface area (Å²) in [5.74, 6) is -0.403. The maximum absolute atomic E-state index is 12.4. The van der Waals surface area contributed by atoms with E-state index in [1.807, 2.05) is 72.8 Å². The number of thiophene rings is 1. The molecular weight excluding hydrogens is 504 g/mol. The second kappa shape index (κ2) is 11.5. The average molecular weight is 525 g/mol. The molecule has 0 unspecified atom stereocenters. The van der Waals surface area contributed by atoms with Gasteiger partial charge in [-0.2, -0.15) is 0 Å². The van der Waals surface area contributed by atoms with Gasteiger partial charge in [-0.3, -0.25) is 0 Å². The first-order chi connectivity index (χ1) is 16.5. The number of hydrogen-bond acceptors (Lipinski definition) is 5. The van der Waals surface area contributed by atoms with E-state index in [1.54, 1.807) is 11.8 Å². The Morgan fingerprint density at radius 3 is 2.44 bits per heavy atom. The minimum atomic E-state index is -0.403. The van der Waals surface area contributed by atoms with E-state index in [2.05, 4.69) is 22.8 Å². The van der Waals surface area contributed by atoms with Gasteiger partial charge < -0.3 is 15.4 Å². The van der Waals surface area contributed by atoms with E-state index in [0.717, 1.165) is 26.8 Å². The van der Waals surface area contributed by atoms with Crippen LogP contribution in [0, 0.1) is 0 Å². The van der Waals surface area contributed by atoms with Crippen molar-refractivity contribution in [2.24, 2.45) is 0 Å². The third kappa shape index (κ3) is 6.39. The Hall–Kier alpha value is -2.84. The van der Waals surface area contributed by atoms with Crippen LogP contribution >= 0.6 is 46.9 Å². The molecule has 34 heavy (non-hydrogen) atoms. The van der Waals surface area contributed by atoms with Crippen LogP contribution in [-0.4, -0.2) is 18.2 Å². The van der Waals surface area contributed by atoms with E-state index >= 15 is 0 Å². The third-order valence-corrected chi connectivity index (χ3v) is 7.40. The summed E-state index contributed by atoms with van der Waals surface area (Å²) in [4.78, 5) is 15.5. The third-order valence-electron chi connectivity index (χ3n) is 4.81. The van der Waals surface area contributed by atoms with E-state index in [1.165, 1.54) is 24.0 Å². The number of para-hydroxylation sites is 1. The summed E-state index contributed by atoms with van der Waals surface area (Å²) in [6.07, 6.45) is 0.720. The van der Waals surface area contributed by atoms with Crippen LogP contribution in [0.5, 0.6) is 0 Å². The van der Waals surface area contributed by atoms with Crippen LogP contribution in [0.3, 0.4) is 0 Å². The first kappa shape index (κ1) is 24.3. The van der Waals surface area contributed by atoms with Gasteiger partial charge in [-0.1, -0.05) is 65.8 Å². The predicted octanol–water partition coefficient (Wildman–Crippen LogP) is 7.74. The zero-order valence-electron chi connectivity index (χ0n) is 18.2. The van der Waals surface area contributed by atoms with Gasteiger partial charge in [0.25, 0.3) is 0 Å². The number of hydrogen-bond donors (Lipinski definition) is 2. The number of methoxy groups -OCH3 is 1. The number of ether oxygens (including phenoxy) is 1. The zero-order chi connectivity index (χ0) is 23.9. The smallest absolute Gasteiger partial charge is 0.340 e. The summed E-state index contributed by atoms with van der Waals surface area (Å²) >= 11 is 14.7. The predicted molar refractivity (Wildman–Crippen MR) is 147 cm³/mol. The number of benzene rings is 3. The maximum atomic E-state index is 12.4. The topological polar surface area (TPSA) is 50.4 Å². The van der Waals surface area contributed by atoms with Crippen LogP contribution in [0.1, 0.15) is 20.8 Å². The summed E-state index contributed by atoms with van der Waals surface area (Å²) in [6.45, 7) is 0. The molecular formula is C26H21ClN2O2S3. The second-order valence-electron chi connectivity index (χ2n) is 7.24. The molecule has 2 N–H and O–H groups in total. The molecule has 172 valence electrons. The molecule has 8 heteroatoms. The van der Waals surface area contributed by atoms with Gasteiger partial charge in [0, 0.05) is 26.1 Å². The van der Waals surface area contributed by atoms with Crippen molar-refractivity contribution in [1.82, 2.24) is 0 Å². The zero-order valence-corrected chi connectivity index (χ0v) is 21.4. The molecule has 0 bridgehead atoms. The monoisotopic (exact) mass is 524 g/mol. The Morgan fingerprint density at radius 2 is 1.71 bits per heavy atom. The highest BCUT2D eigenvalue weighted by Gasteiger charge is 2.18. The summed E-state index contributed by atoms with van der Waals surface area (Å²) in [5, 5.41) is 8.19. The summed E-state index contributed by atoms with van der Waals surface area (Å²) in [5.41, 5.74) is 2.49. The van der Waals surface area contributed by atoms with Gasteiger partial charge in [-0.15, -0.1) is 11.3 Å². The largest absolute Gasteiger partial charge is 0.465 e. The van der Waals surface area contributed by atoms with E-state index < -0.39 is 5.97 Å². The quantitative estimate of drug-likeness (QED) is 0.190.